The molecule has 1 N–H and O–H groups in total. The van der Waals surface area contributed by atoms with Crippen molar-refractivity contribution in [3.63, 3.8) is 0 Å². The number of hydrogen-bond donors (Lipinski definition) is 1. The second-order valence-electron chi connectivity index (χ2n) is 3.82. The van der Waals surface area contributed by atoms with Crippen LogP contribution < -0.4 is 0 Å². The van der Waals surface area contributed by atoms with Crippen LogP contribution in [0.2, 0.25) is 0 Å². The molecule has 0 aliphatic heterocycles. The quantitative estimate of drug-likeness (QED) is 0.795. The molecule has 0 saturated heterocycles. The third kappa shape index (κ3) is 3.89. The van der Waals surface area contributed by atoms with Crippen LogP contribution in [0.5, 0.6) is 0 Å². The molecule has 0 aliphatic rings. The molecule has 1 aromatic rings. The highest BCUT2D eigenvalue weighted by atomic mass is 16.5. The van der Waals surface area contributed by atoms with E-state index in [1.165, 1.54) is 18.1 Å². The summed E-state index contributed by atoms with van der Waals surface area (Å²) in [6, 6.07) is 3.17. The monoisotopic (exact) mass is 255 g/mol. The van der Waals surface area contributed by atoms with Gasteiger partial charge in [-0.1, -0.05) is 6.92 Å². The second-order valence-corrected chi connectivity index (χ2v) is 3.82. The van der Waals surface area contributed by atoms with Crippen molar-refractivity contribution in [3.8, 4) is 0 Å². The molecule has 6 nitrogen and oxygen atoms in total. The van der Waals surface area contributed by atoms with Gasteiger partial charge in [-0.2, -0.15) is 0 Å². The number of carboxylic acid groups (broad SMARTS) is 1. The maximum Gasteiger partial charge on any atom is 0.323 e. The summed E-state index contributed by atoms with van der Waals surface area (Å²) in [7, 11) is 1.53. The molecular weight excluding hydrogens is 238 g/mol. The molecule has 1 rings (SSSR count). The van der Waals surface area contributed by atoms with Crippen LogP contribution >= 0.6 is 0 Å². The summed E-state index contributed by atoms with van der Waals surface area (Å²) in [5.41, 5.74) is 0. The Morgan fingerprint density at radius 1 is 1.44 bits per heavy atom. The number of hydrogen-bond acceptors (Lipinski definition) is 4. The summed E-state index contributed by atoms with van der Waals surface area (Å²) in [6.45, 7) is 2.21. The molecule has 0 unspecified atom stereocenters. The third-order valence-corrected chi connectivity index (χ3v) is 2.27. The Bertz CT molecular complexity index is 412. The van der Waals surface area contributed by atoms with Gasteiger partial charge in [0.25, 0.3) is 5.91 Å². The molecule has 0 aliphatic carbocycles. The van der Waals surface area contributed by atoms with E-state index in [2.05, 4.69) is 0 Å². The van der Waals surface area contributed by atoms with E-state index in [1.54, 1.807) is 6.07 Å². The van der Waals surface area contributed by atoms with E-state index in [4.69, 9.17) is 14.3 Å². The van der Waals surface area contributed by atoms with E-state index in [-0.39, 0.29) is 18.9 Å². The lowest BCUT2D eigenvalue weighted by Crippen LogP contribution is -2.36. The topological polar surface area (TPSA) is 80.0 Å². The molecule has 0 bridgehead atoms. The van der Waals surface area contributed by atoms with Crippen molar-refractivity contribution in [2.75, 3.05) is 20.2 Å². The van der Waals surface area contributed by atoms with Gasteiger partial charge < -0.3 is 19.2 Å². The van der Waals surface area contributed by atoms with E-state index in [0.717, 1.165) is 0 Å². The molecule has 0 atom stereocenters. The molecule has 0 fully saturated rings. The lowest BCUT2D eigenvalue weighted by Gasteiger charge is -2.18. The molecule has 6 heteroatoms. The average molecular weight is 255 g/mol. The average Bonchev–Trinajstić information content (AvgIpc) is 2.76. The van der Waals surface area contributed by atoms with Crippen LogP contribution in [0.4, 0.5) is 0 Å². The Kier molecular flexibility index (Phi) is 5.38. The fourth-order valence-corrected chi connectivity index (χ4v) is 1.55. The molecular formula is C12H17NO5. The molecule has 1 aromatic heterocycles. The number of nitrogens with zero attached hydrogens (tertiary/aromatic N) is 1. The number of ether oxygens (including phenoxy) is 1. The zero-order valence-corrected chi connectivity index (χ0v) is 10.5. The van der Waals surface area contributed by atoms with Crippen molar-refractivity contribution < 1.29 is 23.8 Å². The van der Waals surface area contributed by atoms with Gasteiger partial charge >= 0.3 is 5.97 Å². The van der Waals surface area contributed by atoms with Crippen LogP contribution in [0.1, 0.15) is 29.7 Å². The predicted octanol–water partition coefficient (Wildman–Crippen LogP) is 1.36. The van der Waals surface area contributed by atoms with Gasteiger partial charge in [0, 0.05) is 13.7 Å². The maximum atomic E-state index is 12.0. The molecule has 0 radical (unpaired) electrons. The Balaban J connectivity index is 2.77. The summed E-state index contributed by atoms with van der Waals surface area (Å²) in [6.07, 6.45) is 0.685. The van der Waals surface area contributed by atoms with Gasteiger partial charge in [-0.25, -0.2) is 0 Å². The Morgan fingerprint density at radius 3 is 2.72 bits per heavy atom. The molecule has 100 valence electrons. The highest BCUT2D eigenvalue weighted by Gasteiger charge is 2.20. The normalized spacial score (nSPS) is 10.3. The number of rotatable bonds is 7. The second kappa shape index (κ2) is 6.80. The summed E-state index contributed by atoms with van der Waals surface area (Å²) >= 11 is 0. The number of carbonyl (C=O) groups is 2. The first-order valence-electron chi connectivity index (χ1n) is 5.67. The first kappa shape index (κ1) is 14.2. The predicted molar refractivity (Wildman–Crippen MR) is 63.3 cm³/mol. The Morgan fingerprint density at radius 2 is 2.17 bits per heavy atom. The lowest BCUT2D eigenvalue weighted by atomic mass is 10.3. The van der Waals surface area contributed by atoms with Gasteiger partial charge in [-0.05, 0) is 18.6 Å². The van der Waals surface area contributed by atoms with Crippen molar-refractivity contribution in [3.05, 3.63) is 23.7 Å². The fourth-order valence-electron chi connectivity index (χ4n) is 1.55. The minimum Gasteiger partial charge on any atom is -0.480 e. The van der Waals surface area contributed by atoms with Crippen LogP contribution in [0.15, 0.2) is 16.5 Å². The lowest BCUT2D eigenvalue weighted by molar-refractivity contribution is -0.137. The first-order chi connectivity index (χ1) is 8.58. The van der Waals surface area contributed by atoms with Crippen LogP contribution in [-0.4, -0.2) is 42.1 Å². The van der Waals surface area contributed by atoms with Crippen molar-refractivity contribution in [2.24, 2.45) is 0 Å². The molecule has 0 aromatic carbocycles. The van der Waals surface area contributed by atoms with Crippen molar-refractivity contribution in [2.45, 2.75) is 20.0 Å². The van der Waals surface area contributed by atoms with Crippen LogP contribution in [0.25, 0.3) is 0 Å². The first-order valence-corrected chi connectivity index (χ1v) is 5.67. The van der Waals surface area contributed by atoms with Gasteiger partial charge in [-0.3, -0.25) is 9.59 Å². The third-order valence-electron chi connectivity index (χ3n) is 2.27. The number of aliphatic carboxylic acids is 1. The van der Waals surface area contributed by atoms with E-state index < -0.39 is 11.9 Å². The number of methoxy groups -OCH3 is 1. The zero-order chi connectivity index (χ0) is 13.5. The van der Waals surface area contributed by atoms with E-state index in [0.29, 0.717) is 18.7 Å². The van der Waals surface area contributed by atoms with Gasteiger partial charge in [0.2, 0.25) is 0 Å². The highest BCUT2D eigenvalue weighted by molar-refractivity contribution is 5.93. The highest BCUT2D eigenvalue weighted by Crippen LogP contribution is 2.12. The van der Waals surface area contributed by atoms with Gasteiger partial charge in [0.15, 0.2) is 5.76 Å². The van der Waals surface area contributed by atoms with E-state index >= 15 is 0 Å². The molecule has 1 amide bonds. The summed E-state index contributed by atoms with van der Waals surface area (Å²) in [5.74, 6) is -0.786. The molecule has 1 heterocycles. The smallest absolute Gasteiger partial charge is 0.323 e. The molecule has 0 spiro atoms. The number of carbonyl (C=O) groups excluding carboxylic acids is 1. The standard InChI is InChI=1S/C12H17NO5/c1-3-6-13(7-11(14)15)12(16)10-5-4-9(18-10)8-17-2/h4-5H,3,6-8H2,1-2H3,(H,14,15). The van der Waals surface area contributed by atoms with Gasteiger partial charge in [0.05, 0.1) is 0 Å². The Hall–Kier alpha value is -1.82. The fraction of sp³-hybridized carbons (Fsp3) is 0.500. The number of amides is 1. The summed E-state index contributed by atoms with van der Waals surface area (Å²) in [5, 5.41) is 8.75. The summed E-state index contributed by atoms with van der Waals surface area (Å²) < 4.78 is 10.2. The Labute approximate surface area is 105 Å². The SMILES string of the molecule is CCCN(CC(=O)O)C(=O)c1ccc(COC)o1. The van der Waals surface area contributed by atoms with E-state index in [9.17, 15) is 9.59 Å². The number of furan rings is 1. The minimum atomic E-state index is -1.04. The van der Waals surface area contributed by atoms with Crippen LogP contribution in [-0.2, 0) is 16.1 Å². The summed E-state index contributed by atoms with van der Waals surface area (Å²) in [4.78, 5) is 23.9. The maximum absolute atomic E-state index is 12.0. The molecule has 18 heavy (non-hydrogen) atoms. The minimum absolute atomic E-state index is 0.136. The van der Waals surface area contributed by atoms with Crippen LogP contribution in [0.3, 0.4) is 0 Å². The molecule has 0 saturated carbocycles. The largest absolute Gasteiger partial charge is 0.480 e. The zero-order valence-electron chi connectivity index (χ0n) is 10.5. The van der Waals surface area contributed by atoms with Gasteiger partial charge in [-0.15, -0.1) is 0 Å². The van der Waals surface area contributed by atoms with E-state index in [1.807, 2.05) is 6.92 Å². The van der Waals surface area contributed by atoms with Gasteiger partial charge in [0.1, 0.15) is 18.9 Å². The van der Waals surface area contributed by atoms with Crippen molar-refractivity contribution in [1.82, 2.24) is 4.90 Å². The van der Waals surface area contributed by atoms with Crippen molar-refractivity contribution in [1.29, 1.82) is 0 Å². The number of carboxylic acids is 1. The van der Waals surface area contributed by atoms with Crippen molar-refractivity contribution >= 4 is 11.9 Å². The van der Waals surface area contributed by atoms with Crippen LogP contribution in [0, 0.1) is 0 Å².